The Morgan fingerprint density at radius 1 is 1.50 bits per heavy atom. The average Bonchev–Trinajstić information content (AvgIpc) is 2.84. The van der Waals surface area contributed by atoms with E-state index in [2.05, 4.69) is 9.88 Å². The number of carboxylic acids is 1. The zero-order valence-electron chi connectivity index (χ0n) is 9.19. The topological polar surface area (TPSA) is 53.4 Å². The molecule has 1 saturated heterocycles. The molecule has 1 aliphatic heterocycles. The number of nitrogens with zero attached hydrogens (tertiary/aromatic N) is 2. The molecule has 16 heavy (non-hydrogen) atoms. The minimum atomic E-state index is -0.783. The van der Waals surface area contributed by atoms with Crippen molar-refractivity contribution in [2.45, 2.75) is 25.7 Å². The van der Waals surface area contributed by atoms with Gasteiger partial charge in [0.15, 0.2) is 0 Å². The van der Waals surface area contributed by atoms with Gasteiger partial charge in [-0.05, 0) is 25.9 Å². The lowest BCUT2D eigenvalue weighted by atomic mass is 10.4. The van der Waals surface area contributed by atoms with E-state index in [1.54, 1.807) is 6.20 Å². The first-order valence-electron chi connectivity index (χ1n) is 5.62. The van der Waals surface area contributed by atoms with Crippen LogP contribution >= 0.6 is 11.3 Å². The Morgan fingerprint density at radius 3 is 2.94 bits per heavy atom. The van der Waals surface area contributed by atoms with Crippen molar-refractivity contribution in [2.75, 3.05) is 19.6 Å². The molecule has 1 N–H and O–H groups in total. The Labute approximate surface area is 98.9 Å². The first-order valence-corrected chi connectivity index (χ1v) is 6.43. The van der Waals surface area contributed by atoms with Crippen molar-refractivity contribution in [1.82, 2.24) is 9.88 Å². The maximum Gasteiger partial charge on any atom is 0.308 e. The number of thiazole rings is 1. The van der Waals surface area contributed by atoms with E-state index in [1.165, 1.54) is 37.3 Å². The van der Waals surface area contributed by atoms with Crippen LogP contribution in [0.25, 0.3) is 0 Å². The highest BCUT2D eigenvalue weighted by molar-refractivity contribution is 7.11. The second-order valence-corrected chi connectivity index (χ2v) is 5.29. The molecular weight excluding hydrogens is 224 g/mol. The number of carbonyl (C=O) groups is 1. The molecule has 0 unspecified atom stereocenters. The van der Waals surface area contributed by atoms with Crippen molar-refractivity contribution >= 4 is 17.3 Å². The van der Waals surface area contributed by atoms with Gasteiger partial charge < -0.3 is 10.0 Å². The smallest absolute Gasteiger partial charge is 0.308 e. The molecule has 0 saturated carbocycles. The van der Waals surface area contributed by atoms with E-state index < -0.39 is 5.97 Å². The monoisotopic (exact) mass is 240 g/mol. The van der Waals surface area contributed by atoms with Crippen LogP contribution in [0.15, 0.2) is 6.20 Å². The van der Waals surface area contributed by atoms with Gasteiger partial charge in [-0.25, -0.2) is 4.98 Å². The molecule has 0 amide bonds. The molecule has 1 fully saturated rings. The fourth-order valence-electron chi connectivity index (χ4n) is 1.95. The molecule has 0 aliphatic carbocycles. The highest BCUT2D eigenvalue weighted by Gasteiger charge is 2.12. The molecule has 4 nitrogen and oxygen atoms in total. The highest BCUT2D eigenvalue weighted by atomic mass is 32.1. The fraction of sp³-hybridized carbons (Fsp3) is 0.636. The summed E-state index contributed by atoms with van der Waals surface area (Å²) in [6.07, 6.45) is 5.36. The summed E-state index contributed by atoms with van der Waals surface area (Å²) in [5.41, 5.74) is 0. The van der Waals surface area contributed by atoms with Crippen LogP contribution < -0.4 is 0 Å². The molecule has 0 aromatic carbocycles. The summed E-state index contributed by atoms with van der Waals surface area (Å²) < 4.78 is 0. The van der Waals surface area contributed by atoms with Gasteiger partial charge in [0.2, 0.25) is 0 Å². The van der Waals surface area contributed by atoms with Crippen LogP contribution in [0, 0.1) is 0 Å². The maximum absolute atomic E-state index is 10.5. The minimum absolute atomic E-state index is 0.0986. The number of carboxylic acid groups (broad SMARTS) is 1. The molecule has 5 heteroatoms. The first-order chi connectivity index (χ1) is 7.74. The van der Waals surface area contributed by atoms with Crippen LogP contribution in [-0.4, -0.2) is 40.6 Å². The molecule has 0 atom stereocenters. The summed E-state index contributed by atoms with van der Waals surface area (Å²) in [7, 11) is 0. The third-order valence-electron chi connectivity index (χ3n) is 2.77. The van der Waals surface area contributed by atoms with Gasteiger partial charge in [0.05, 0.1) is 11.4 Å². The molecule has 0 radical (unpaired) electrons. The van der Waals surface area contributed by atoms with E-state index in [1.807, 2.05) is 0 Å². The van der Waals surface area contributed by atoms with Gasteiger partial charge in [0.1, 0.15) is 0 Å². The lowest BCUT2D eigenvalue weighted by Crippen LogP contribution is -2.21. The van der Waals surface area contributed by atoms with Crippen molar-refractivity contribution in [3.8, 4) is 0 Å². The van der Waals surface area contributed by atoms with Gasteiger partial charge in [-0.1, -0.05) is 0 Å². The molecule has 0 bridgehead atoms. The van der Waals surface area contributed by atoms with Crippen LogP contribution in [0.4, 0.5) is 0 Å². The second-order valence-electron chi connectivity index (χ2n) is 4.09. The zero-order chi connectivity index (χ0) is 11.4. The largest absolute Gasteiger partial charge is 0.481 e. The van der Waals surface area contributed by atoms with Crippen LogP contribution in [0.2, 0.25) is 0 Å². The van der Waals surface area contributed by atoms with E-state index in [0.717, 1.165) is 22.9 Å². The molecule has 88 valence electrons. The standard InChI is InChI=1S/C11H16N2O2S/c14-11(15)7-9-8-12-10(16-9)3-6-13-4-1-2-5-13/h8H,1-7H2,(H,14,15). The number of hydrogen-bond donors (Lipinski definition) is 1. The van der Waals surface area contributed by atoms with Gasteiger partial charge >= 0.3 is 5.97 Å². The summed E-state index contributed by atoms with van der Waals surface area (Å²) in [5, 5.41) is 9.71. The third kappa shape index (κ3) is 3.28. The predicted octanol–water partition coefficient (Wildman–Crippen LogP) is 1.41. The van der Waals surface area contributed by atoms with Gasteiger partial charge in [-0.15, -0.1) is 11.3 Å². The van der Waals surface area contributed by atoms with Crippen molar-refractivity contribution in [3.05, 3.63) is 16.1 Å². The molecule has 1 aromatic heterocycles. The van der Waals surface area contributed by atoms with E-state index in [0.29, 0.717) is 0 Å². The summed E-state index contributed by atoms with van der Waals surface area (Å²) in [6.45, 7) is 3.46. The van der Waals surface area contributed by atoms with Crippen molar-refractivity contribution in [3.63, 3.8) is 0 Å². The Morgan fingerprint density at radius 2 is 2.25 bits per heavy atom. The van der Waals surface area contributed by atoms with E-state index in [-0.39, 0.29) is 6.42 Å². The average molecular weight is 240 g/mol. The number of likely N-dealkylation sites (tertiary alicyclic amines) is 1. The lowest BCUT2D eigenvalue weighted by Gasteiger charge is -2.12. The van der Waals surface area contributed by atoms with Crippen molar-refractivity contribution < 1.29 is 9.90 Å². The predicted molar refractivity (Wildman–Crippen MR) is 62.8 cm³/mol. The molecule has 1 aromatic rings. The summed E-state index contributed by atoms with van der Waals surface area (Å²) in [5.74, 6) is -0.783. The SMILES string of the molecule is O=C(O)Cc1cnc(CCN2CCCC2)s1. The van der Waals surface area contributed by atoms with Crippen molar-refractivity contribution in [1.29, 1.82) is 0 Å². The Bertz CT molecular complexity index is 359. The summed E-state index contributed by atoms with van der Waals surface area (Å²) in [6, 6.07) is 0. The second kappa shape index (κ2) is 5.41. The van der Waals surface area contributed by atoms with Gasteiger partial charge in [0, 0.05) is 24.0 Å². The number of aromatic nitrogens is 1. The number of hydrogen-bond acceptors (Lipinski definition) is 4. The highest BCUT2D eigenvalue weighted by Crippen LogP contribution is 2.15. The van der Waals surface area contributed by atoms with Gasteiger partial charge in [-0.2, -0.15) is 0 Å². The van der Waals surface area contributed by atoms with Gasteiger partial charge in [-0.3, -0.25) is 4.79 Å². The minimum Gasteiger partial charge on any atom is -0.481 e. The zero-order valence-corrected chi connectivity index (χ0v) is 10.0. The number of rotatable bonds is 5. The molecular formula is C11H16N2O2S. The van der Waals surface area contributed by atoms with E-state index in [4.69, 9.17) is 5.11 Å². The van der Waals surface area contributed by atoms with Crippen LogP contribution in [-0.2, 0) is 17.6 Å². The van der Waals surface area contributed by atoms with Crippen LogP contribution in [0.5, 0.6) is 0 Å². The molecule has 1 aliphatic rings. The maximum atomic E-state index is 10.5. The molecule has 0 spiro atoms. The summed E-state index contributed by atoms with van der Waals surface area (Å²) in [4.78, 5) is 18.1. The lowest BCUT2D eigenvalue weighted by molar-refractivity contribution is -0.136. The van der Waals surface area contributed by atoms with E-state index >= 15 is 0 Å². The first kappa shape index (κ1) is 11.5. The Kier molecular flexibility index (Phi) is 3.90. The molecule has 2 heterocycles. The Balaban J connectivity index is 1.80. The molecule has 2 rings (SSSR count). The van der Waals surface area contributed by atoms with Gasteiger partial charge in [0.25, 0.3) is 0 Å². The van der Waals surface area contributed by atoms with Crippen molar-refractivity contribution in [2.24, 2.45) is 0 Å². The fourth-order valence-corrected chi connectivity index (χ4v) is 2.86. The summed E-state index contributed by atoms with van der Waals surface area (Å²) >= 11 is 1.53. The quantitative estimate of drug-likeness (QED) is 0.845. The van der Waals surface area contributed by atoms with Crippen LogP contribution in [0.3, 0.4) is 0 Å². The van der Waals surface area contributed by atoms with E-state index in [9.17, 15) is 4.79 Å². The normalized spacial score (nSPS) is 16.8. The third-order valence-corrected chi connectivity index (χ3v) is 3.82. The Hall–Kier alpha value is -0.940. The number of aliphatic carboxylic acids is 1. The van der Waals surface area contributed by atoms with Crippen LogP contribution in [0.1, 0.15) is 22.7 Å².